The van der Waals surface area contributed by atoms with Gasteiger partial charge in [-0.15, -0.1) is 0 Å². The van der Waals surface area contributed by atoms with Crippen molar-refractivity contribution in [1.29, 1.82) is 0 Å². The molecule has 0 aliphatic rings. The highest BCUT2D eigenvalue weighted by Crippen LogP contribution is 2.40. The molecular weight excluding hydrogens is 677 g/mol. The molecule has 0 saturated carbocycles. The smallest absolute Gasteiger partial charge is 0.0547 e. The molecule has 0 bridgehead atoms. The van der Waals surface area contributed by atoms with Crippen LogP contribution in [0.15, 0.2) is 218 Å². The van der Waals surface area contributed by atoms with Gasteiger partial charge in [-0.1, -0.05) is 152 Å². The molecule has 0 N–H and O–H groups in total. The molecule has 11 rings (SSSR count). The van der Waals surface area contributed by atoms with E-state index in [1.54, 1.807) is 0 Å². The maximum atomic E-state index is 2.42. The van der Waals surface area contributed by atoms with Crippen molar-refractivity contribution in [3.05, 3.63) is 218 Å². The molecule has 11 aromatic rings. The summed E-state index contributed by atoms with van der Waals surface area (Å²) in [5.41, 5.74) is 16.8. The van der Waals surface area contributed by atoms with Crippen molar-refractivity contribution in [2.75, 3.05) is 0 Å². The highest BCUT2D eigenvalue weighted by molar-refractivity contribution is 6.13. The van der Waals surface area contributed by atoms with Crippen LogP contribution in [0.25, 0.3) is 99.5 Å². The lowest BCUT2D eigenvalue weighted by Crippen LogP contribution is -1.94. The average Bonchev–Trinajstić information content (AvgIpc) is 3.79. The van der Waals surface area contributed by atoms with Gasteiger partial charge in [0.1, 0.15) is 0 Å². The number of aromatic nitrogens is 2. The van der Waals surface area contributed by atoms with Crippen LogP contribution in [-0.2, 0) is 0 Å². The molecule has 2 aromatic heterocycles. The topological polar surface area (TPSA) is 9.86 Å². The van der Waals surface area contributed by atoms with E-state index in [0.717, 1.165) is 11.4 Å². The Bertz CT molecular complexity index is 3220. The monoisotopic (exact) mass is 712 g/mol. The van der Waals surface area contributed by atoms with Gasteiger partial charge in [0.25, 0.3) is 0 Å². The van der Waals surface area contributed by atoms with E-state index in [1.807, 2.05) is 0 Å². The molecule has 9 aromatic carbocycles. The largest absolute Gasteiger partial charge is 0.309 e. The number of fused-ring (bicyclic) bond motifs is 6. The van der Waals surface area contributed by atoms with Gasteiger partial charge in [0, 0.05) is 32.9 Å². The second kappa shape index (κ2) is 13.2. The van der Waals surface area contributed by atoms with Crippen LogP contribution in [0.5, 0.6) is 0 Å². The van der Waals surface area contributed by atoms with Crippen LogP contribution in [0.3, 0.4) is 0 Å². The second-order valence-corrected chi connectivity index (χ2v) is 14.6. The zero-order chi connectivity index (χ0) is 37.0. The van der Waals surface area contributed by atoms with Gasteiger partial charge in [-0.2, -0.15) is 0 Å². The number of hydrogen-bond acceptors (Lipinski definition) is 0. The summed E-state index contributed by atoms with van der Waals surface area (Å²) in [6.45, 7) is 0. The lowest BCUT2D eigenvalue weighted by Gasteiger charge is -2.11. The van der Waals surface area contributed by atoms with Crippen LogP contribution in [0.2, 0.25) is 0 Å². The molecule has 0 spiro atoms. The van der Waals surface area contributed by atoms with Crippen molar-refractivity contribution in [2.45, 2.75) is 0 Å². The molecule has 0 saturated heterocycles. The first kappa shape index (κ1) is 32.0. The van der Waals surface area contributed by atoms with Crippen molar-refractivity contribution < 1.29 is 0 Å². The molecule has 0 amide bonds. The van der Waals surface area contributed by atoms with Gasteiger partial charge in [0.2, 0.25) is 0 Å². The van der Waals surface area contributed by atoms with Gasteiger partial charge >= 0.3 is 0 Å². The Balaban J connectivity index is 1.06. The number of rotatable bonds is 6. The van der Waals surface area contributed by atoms with E-state index in [1.165, 1.54) is 88.1 Å². The molecule has 2 heteroatoms. The quantitative estimate of drug-likeness (QED) is 0.162. The van der Waals surface area contributed by atoms with Crippen molar-refractivity contribution in [3.63, 3.8) is 0 Å². The summed E-state index contributed by atoms with van der Waals surface area (Å²) in [4.78, 5) is 0. The fraction of sp³-hybridized carbons (Fsp3) is 0. The Kier molecular flexibility index (Phi) is 7.53. The Morgan fingerprint density at radius 1 is 0.196 bits per heavy atom. The first-order chi connectivity index (χ1) is 27.8. The third-order valence-corrected chi connectivity index (χ3v) is 11.3. The van der Waals surface area contributed by atoms with E-state index in [2.05, 4.69) is 228 Å². The molecule has 0 unspecified atom stereocenters. The summed E-state index contributed by atoms with van der Waals surface area (Å²) in [6, 6.07) is 79.4. The van der Waals surface area contributed by atoms with Crippen molar-refractivity contribution in [2.24, 2.45) is 0 Å². The summed E-state index contributed by atoms with van der Waals surface area (Å²) in [6.07, 6.45) is 0. The van der Waals surface area contributed by atoms with Crippen LogP contribution >= 0.6 is 0 Å². The second-order valence-electron chi connectivity index (χ2n) is 14.6. The molecule has 262 valence electrons. The first-order valence-corrected chi connectivity index (χ1v) is 19.3. The van der Waals surface area contributed by atoms with Gasteiger partial charge in [0.05, 0.1) is 22.1 Å². The summed E-state index contributed by atoms with van der Waals surface area (Å²) >= 11 is 0. The Hall–Kier alpha value is -7.42. The van der Waals surface area contributed by atoms with Crippen LogP contribution in [0, 0.1) is 0 Å². The van der Waals surface area contributed by atoms with Gasteiger partial charge in [-0.05, 0) is 111 Å². The predicted octanol–water partition coefficient (Wildman–Crippen LogP) is 14.5. The summed E-state index contributed by atoms with van der Waals surface area (Å²) in [5.74, 6) is 0. The highest BCUT2D eigenvalue weighted by atomic mass is 15.0. The van der Waals surface area contributed by atoms with Crippen LogP contribution in [0.1, 0.15) is 0 Å². The molecule has 2 nitrogen and oxygen atoms in total. The van der Waals surface area contributed by atoms with Crippen LogP contribution < -0.4 is 0 Å². The van der Waals surface area contributed by atoms with E-state index in [4.69, 9.17) is 0 Å². The van der Waals surface area contributed by atoms with Gasteiger partial charge in [-0.3, -0.25) is 0 Å². The van der Waals surface area contributed by atoms with E-state index in [9.17, 15) is 0 Å². The zero-order valence-electron chi connectivity index (χ0n) is 30.7. The number of hydrogen-bond donors (Lipinski definition) is 0. The summed E-state index contributed by atoms with van der Waals surface area (Å²) < 4.78 is 4.82. The zero-order valence-corrected chi connectivity index (χ0v) is 30.7. The molecule has 0 aliphatic heterocycles. The minimum absolute atomic E-state index is 1.15. The summed E-state index contributed by atoms with van der Waals surface area (Å²) in [5, 5.41) is 4.98. The highest BCUT2D eigenvalue weighted by Gasteiger charge is 2.17. The van der Waals surface area contributed by atoms with E-state index >= 15 is 0 Å². The van der Waals surface area contributed by atoms with Gasteiger partial charge < -0.3 is 9.13 Å². The fourth-order valence-corrected chi connectivity index (χ4v) is 8.63. The molecule has 0 aliphatic carbocycles. The van der Waals surface area contributed by atoms with Crippen molar-refractivity contribution >= 4 is 43.6 Å². The number of benzene rings is 9. The van der Waals surface area contributed by atoms with E-state index in [-0.39, 0.29) is 0 Å². The molecule has 2 heterocycles. The standard InChI is InChI=1S/C54H36N2/c1-4-14-37(15-5-1)39-18-12-19-40(32-39)44-26-29-48-50-35-43(27-30-52(50)55(54(48)36-44)45-21-8-3-9-22-45)42-28-31-53-49(34-42)47-24-10-11-25-51(47)56(53)46-23-13-20-41(33-46)38-16-6-2-7-17-38/h1-36H. The molecule has 56 heavy (non-hydrogen) atoms. The maximum absolute atomic E-state index is 2.42. The Morgan fingerprint density at radius 2 is 0.607 bits per heavy atom. The third-order valence-electron chi connectivity index (χ3n) is 11.3. The molecular formula is C54H36N2. The lowest BCUT2D eigenvalue weighted by molar-refractivity contribution is 1.18. The Morgan fingerprint density at radius 3 is 1.27 bits per heavy atom. The van der Waals surface area contributed by atoms with E-state index in [0.29, 0.717) is 0 Å². The van der Waals surface area contributed by atoms with Crippen molar-refractivity contribution in [1.82, 2.24) is 9.13 Å². The lowest BCUT2D eigenvalue weighted by atomic mass is 9.97. The van der Waals surface area contributed by atoms with Gasteiger partial charge in [0.15, 0.2) is 0 Å². The Labute approximate surface area is 325 Å². The first-order valence-electron chi connectivity index (χ1n) is 19.3. The SMILES string of the molecule is c1ccc(-c2cccc(-c3ccc4c5cc(-c6ccc7c(c6)c6ccccc6n7-c6cccc(-c7ccccc7)c6)ccc5n(-c5ccccc5)c4c3)c2)cc1. The fourth-order valence-electron chi connectivity index (χ4n) is 8.63. The maximum Gasteiger partial charge on any atom is 0.0547 e. The number of nitrogens with zero attached hydrogens (tertiary/aromatic N) is 2. The van der Waals surface area contributed by atoms with Crippen LogP contribution in [0.4, 0.5) is 0 Å². The average molecular weight is 713 g/mol. The number of para-hydroxylation sites is 2. The third kappa shape index (κ3) is 5.34. The normalized spacial score (nSPS) is 11.6. The minimum atomic E-state index is 1.15. The molecule has 0 fully saturated rings. The van der Waals surface area contributed by atoms with Crippen molar-refractivity contribution in [3.8, 4) is 55.9 Å². The minimum Gasteiger partial charge on any atom is -0.309 e. The molecule has 0 atom stereocenters. The summed E-state index contributed by atoms with van der Waals surface area (Å²) in [7, 11) is 0. The van der Waals surface area contributed by atoms with Gasteiger partial charge in [-0.25, -0.2) is 0 Å². The van der Waals surface area contributed by atoms with Crippen LogP contribution in [-0.4, -0.2) is 9.13 Å². The molecule has 0 radical (unpaired) electrons. The predicted molar refractivity (Wildman–Crippen MR) is 237 cm³/mol. The van der Waals surface area contributed by atoms with E-state index < -0.39 is 0 Å².